The van der Waals surface area contributed by atoms with Gasteiger partial charge >= 0.3 is 0 Å². The van der Waals surface area contributed by atoms with Crippen LogP contribution in [0.15, 0.2) is 23.4 Å². The molecule has 0 bridgehead atoms. The summed E-state index contributed by atoms with van der Waals surface area (Å²) in [6, 6.07) is 0. The molecule has 0 spiro atoms. The van der Waals surface area contributed by atoms with Crippen LogP contribution in [0, 0.1) is 6.92 Å². The maximum atomic E-state index is 12.1. The summed E-state index contributed by atoms with van der Waals surface area (Å²) in [4.78, 5) is 22.4. The van der Waals surface area contributed by atoms with E-state index in [-0.39, 0.29) is 11.0 Å². The number of nitrogens with one attached hydrogen (secondary N) is 2. The Morgan fingerprint density at radius 3 is 2.90 bits per heavy atom. The molecule has 3 aromatic rings. The summed E-state index contributed by atoms with van der Waals surface area (Å²) >= 11 is 0. The second-order valence-electron chi connectivity index (χ2n) is 5.90. The molecular formula is C14H18N6O. The lowest BCUT2D eigenvalue weighted by molar-refractivity contribution is 0.451. The third-order valence-electron chi connectivity index (χ3n) is 3.79. The lowest BCUT2D eigenvalue weighted by Gasteiger charge is -2.21. The van der Waals surface area contributed by atoms with Gasteiger partial charge in [-0.2, -0.15) is 0 Å². The molecule has 0 saturated carbocycles. The van der Waals surface area contributed by atoms with Gasteiger partial charge < -0.3 is 9.97 Å². The van der Waals surface area contributed by atoms with Crippen LogP contribution in [-0.4, -0.2) is 29.8 Å². The Hall–Kier alpha value is -2.44. The number of rotatable bonds is 4. The second kappa shape index (κ2) is 4.83. The molecule has 3 aromatic heterocycles. The zero-order valence-electron chi connectivity index (χ0n) is 12.3. The van der Waals surface area contributed by atoms with Gasteiger partial charge in [0.25, 0.3) is 5.56 Å². The molecule has 7 nitrogen and oxygen atoms in total. The zero-order chi connectivity index (χ0) is 15.0. The number of H-pyrrole nitrogens is 2. The maximum Gasteiger partial charge on any atom is 0.276 e. The van der Waals surface area contributed by atoms with Gasteiger partial charge in [0, 0.05) is 23.5 Å². The number of hydrogen-bond donors (Lipinski definition) is 2. The van der Waals surface area contributed by atoms with Crippen molar-refractivity contribution in [3.05, 3.63) is 46.2 Å². The van der Waals surface area contributed by atoms with Gasteiger partial charge in [-0.25, -0.2) is 9.50 Å². The minimum atomic E-state index is -0.147. The van der Waals surface area contributed by atoms with E-state index in [9.17, 15) is 4.79 Å². The second-order valence-corrected chi connectivity index (χ2v) is 5.90. The Morgan fingerprint density at radius 2 is 2.19 bits per heavy atom. The van der Waals surface area contributed by atoms with E-state index in [4.69, 9.17) is 0 Å². The van der Waals surface area contributed by atoms with E-state index in [0.717, 1.165) is 24.4 Å². The van der Waals surface area contributed by atoms with E-state index in [1.165, 1.54) is 0 Å². The van der Waals surface area contributed by atoms with Gasteiger partial charge in [0.2, 0.25) is 0 Å². The van der Waals surface area contributed by atoms with Crippen LogP contribution in [0.3, 0.4) is 0 Å². The Bertz CT molecular complexity index is 812. The lowest BCUT2D eigenvalue weighted by atomic mass is 9.86. The van der Waals surface area contributed by atoms with Crippen molar-refractivity contribution >= 4 is 5.52 Å². The molecule has 0 fully saturated rings. The van der Waals surface area contributed by atoms with Crippen LogP contribution in [0.4, 0.5) is 0 Å². The molecule has 3 heterocycles. The van der Waals surface area contributed by atoms with E-state index in [0.29, 0.717) is 11.2 Å². The molecule has 3 rings (SSSR count). The van der Waals surface area contributed by atoms with Gasteiger partial charge in [0.15, 0.2) is 5.52 Å². The molecule has 110 valence electrons. The van der Waals surface area contributed by atoms with Crippen molar-refractivity contribution in [1.29, 1.82) is 0 Å². The predicted octanol–water partition coefficient (Wildman–Crippen LogP) is 1.36. The highest BCUT2D eigenvalue weighted by atomic mass is 16.1. The largest absolute Gasteiger partial charge is 0.348 e. The standard InChI is InChI=1S/C14H18N6O/c1-9-11-12(21)17-10(8-20(11)19-18-9)4-5-14(2,3)13-15-6-7-16-13/h6-8H,4-5H2,1-3H3,(H,15,16)(H,17,21). The number of imidazole rings is 1. The Kier molecular flexibility index (Phi) is 3.12. The van der Waals surface area contributed by atoms with Gasteiger partial charge in [0.05, 0.1) is 11.9 Å². The third-order valence-corrected chi connectivity index (χ3v) is 3.79. The Balaban J connectivity index is 1.84. The summed E-state index contributed by atoms with van der Waals surface area (Å²) in [6.07, 6.45) is 6.99. The molecule has 0 aliphatic rings. The number of aromatic amines is 2. The van der Waals surface area contributed by atoms with Crippen molar-refractivity contribution in [3.63, 3.8) is 0 Å². The smallest absolute Gasteiger partial charge is 0.276 e. The molecule has 0 saturated heterocycles. The van der Waals surface area contributed by atoms with Crippen LogP contribution < -0.4 is 5.56 Å². The number of aryl methyl sites for hydroxylation is 2. The van der Waals surface area contributed by atoms with Crippen molar-refractivity contribution in [2.75, 3.05) is 0 Å². The number of aromatic nitrogens is 6. The highest BCUT2D eigenvalue weighted by Gasteiger charge is 2.23. The molecule has 21 heavy (non-hydrogen) atoms. The van der Waals surface area contributed by atoms with Crippen LogP contribution in [0.1, 0.15) is 37.5 Å². The van der Waals surface area contributed by atoms with E-state index in [2.05, 4.69) is 39.1 Å². The highest BCUT2D eigenvalue weighted by Crippen LogP contribution is 2.25. The van der Waals surface area contributed by atoms with Gasteiger partial charge in [-0.3, -0.25) is 4.79 Å². The first-order valence-electron chi connectivity index (χ1n) is 6.91. The molecule has 7 heteroatoms. The fraction of sp³-hybridized carbons (Fsp3) is 0.429. The van der Waals surface area contributed by atoms with Gasteiger partial charge in [-0.05, 0) is 19.8 Å². The number of nitrogens with zero attached hydrogens (tertiary/aromatic N) is 4. The van der Waals surface area contributed by atoms with Crippen molar-refractivity contribution < 1.29 is 0 Å². The van der Waals surface area contributed by atoms with E-state index in [1.807, 2.05) is 12.4 Å². The molecule has 0 aromatic carbocycles. The Morgan fingerprint density at radius 1 is 1.38 bits per heavy atom. The average molecular weight is 286 g/mol. The van der Waals surface area contributed by atoms with Crippen molar-refractivity contribution in [2.45, 2.75) is 39.0 Å². The first-order valence-corrected chi connectivity index (χ1v) is 6.91. The SMILES string of the molecule is Cc1nnn2cc(CCC(C)(C)c3ncc[nH]3)[nH]c(=O)c12. The van der Waals surface area contributed by atoms with Crippen LogP contribution in [-0.2, 0) is 11.8 Å². The minimum Gasteiger partial charge on any atom is -0.348 e. The zero-order valence-corrected chi connectivity index (χ0v) is 12.3. The monoisotopic (exact) mass is 286 g/mol. The van der Waals surface area contributed by atoms with Crippen molar-refractivity contribution in [1.82, 2.24) is 29.8 Å². The quantitative estimate of drug-likeness (QED) is 0.757. The predicted molar refractivity (Wildman–Crippen MR) is 78.3 cm³/mol. The van der Waals surface area contributed by atoms with Gasteiger partial charge in [0.1, 0.15) is 5.82 Å². The summed E-state index contributed by atoms with van der Waals surface area (Å²) in [7, 11) is 0. The first kappa shape index (κ1) is 13.5. The normalized spacial score (nSPS) is 12.1. The van der Waals surface area contributed by atoms with Crippen molar-refractivity contribution in [3.8, 4) is 0 Å². The van der Waals surface area contributed by atoms with E-state index in [1.54, 1.807) is 17.6 Å². The van der Waals surface area contributed by atoms with Crippen LogP contribution >= 0.6 is 0 Å². The van der Waals surface area contributed by atoms with Gasteiger partial charge in [-0.1, -0.05) is 19.1 Å². The molecule has 0 aliphatic heterocycles. The fourth-order valence-corrected chi connectivity index (χ4v) is 2.44. The summed E-state index contributed by atoms with van der Waals surface area (Å²) < 4.78 is 1.55. The van der Waals surface area contributed by atoms with Crippen LogP contribution in [0.25, 0.3) is 5.52 Å². The Labute approximate surface area is 121 Å². The summed E-state index contributed by atoms with van der Waals surface area (Å²) in [5, 5.41) is 7.89. The fourth-order valence-electron chi connectivity index (χ4n) is 2.44. The molecule has 0 unspecified atom stereocenters. The van der Waals surface area contributed by atoms with E-state index >= 15 is 0 Å². The number of hydrogen-bond acceptors (Lipinski definition) is 4. The maximum absolute atomic E-state index is 12.1. The summed E-state index contributed by atoms with van der Waals surface area (Å²) in [5.41, 5.74) is 1.75. The molecule has 0 radical (unpaired) electrons. The molecule has 0 atom stereocenters. The molecule has 0 amide bonds. The van der Waals surface area contributed by atoms with E-state index < -0.39 is 0 Å². The third kappa shape index (κ3) is 2.46. The molecule has 2 N–H and O–H groups in total. The topological polar surface area (TPSA) is 91.7 Å². The van der Waals surface area contributed by atoms with Crippen molar-refractivity contribution in [2.24, 2.45) is 0 Å². The van der Waals surface area contributed by atoms with Gasteiger partial charge in [-0.15, -0.1) is 5.10 Å². The molecule has 0 aliphatic carbocycles. The lowest BCUT2D eigenvalue weighted by Crippen LogP contribution is -2.21. The minimum absolute atomic E-state index is 0.0897. The van der Waals surface area contributed by atoms with Crippen LogP contribution in [0.5, 0.6) is 0 Å². The van der Waals surface area contributed by atoms with Crippen LogP contribution in [0.2, 0.25) is 0 Å². The average Bonchev–Trinajstić information content (AvgIpc) is 3.07. The summed E-state index contributed by atoms with van der Waals surface area (Å²) in [6.45, 7) is 6.03. The number of fused-ring (bicyclic) bond motifs is 1. The highest BCUT2D eigenvalue weighted by molar-refractivity contribution is 5.47. The first-order chi connectivity index (χ1) is 9.97. The molecular weight excluding hydrogens is 268 g/mol. The summed E-state index contributed by atoms with van der Waals surface area (Å²) in [5.74, 6) is 0.947.